The molecule has 1 aromatic carbocycles. The van der Waals surface area contributed by atoms with Gasteiger partial charge in [-0.15, -0.1) is 0 Å². The maximum atomic E-state index is 12.5. The second-order valence-corrected chi connectivity index (χ2v) is 7.29. The summed E-state index contributed by atoms with van der Waals surface area (Å²) in [7, 11) is 1.24. The molecule has 0 fully saturated rings. The highest BCUT2D eigenvalue weighted by Crippen LogP contribution is 2.35. The topological polar surface area (TPSA) is 55.4 Å². The Labute approximate surface area is 154 Å². The number of carbonyl (C=O) groups excluding carboxylic acids is 2. The van der Waals surface area contributed by atoms with Crippen LogP contribution < -0.4 is 5.32 Å². The van der Waals surface area contributed by atoms with E-state index in [4.69, 9.17) is 34.8 Å². The van der Waals surface area contributed by atoms with Crippen molar-refractivity contribution in [1.82, 2.24) is 5.32 Å². The molecule has 2 rings (SSSR count). The predicted octanol–water partition coefficient (Wildman–Crippen LogP) is 3.59. The standard InChI is InChI=1S/C17H14Cl3NO3/c1-10(11-6-4-3-5-7-11)14-13(15(22)17(18,19)20)8-12(9-21-14)16(23)24-2/h3-9,14,21H,1H2,2H3. The molecule has 1 aliphatic rings. The van der Waals surface area contributed by atoms with Gasteiger partial charge in [-0.05, 0) is 17.2 Å². The lowest BCUT2D eigenvalue weighted by Gasteiger charge is -2.28. The first-order valence-corrected chi connectivity index (χ1v) is 8.01. The normalized spacial score (nSPS) is 17.2. The molecule has 1 atom stereocenters. The predicted molar refractivity (Wildman–Crippen MR) is 95.9 cm³/mol. The number of hydrogen-bond acceptors (Lipinski definition) is 4. The summed E-state index contributed by atoms with van der Waals surface area (Å²) in [6.07, 6.45) is 2.80. The number of rotatable bonds is 4. The van der Waals surface area contributed by atoms with E-state index in [-0.39, 0.29) is 11.1 Å². The van der Waals surface area contributed by atoms with Gasteiger partial charge in [-0.1, -0.05) is 71.7 Å². The molecule has 24 heavy (non-hydrogen) atoms. The number of halogens is 3. The first-order chi connectivity index (χ1) is 11.3. The molecule has 0 amide bonds. The van der Waals surface area contributed by atoms with Crippen molar-refractivity contribution in [2.24, 2.45) is 0 Å². The first-order valence-electron chi connectivity index (χ1n) is 6.87. The van der Waals surface area contributed by atoms with Gasteiger partial charge >= 0.3 is 5.97 Å². The Balaban J connectivity index is 2.43. The fraction of sp³-hybridized carbons (Fsp3) is 0.176. The molecule has 0 saturated heterocycles. The molecule has 0 aliphatic carbocycles. The fourth-order valence-corrected chi connectivity index (χ4v) is 2.59. The van der Waals surface area contributed by atoms with E-state index in [0.717, 1.165) is 5.56 Å². The van der Waals surface area contributed by atoms with Crippen LogP contribution in [0.5, 0.6) is 0 Å². The molecule has 1 N–H and O–H groups in total. The molecule has 0 spiro atoms. The number of ketones is 1. The molecule has 4 nitrogen and oxygen atoms in total. The summed E-state index contributed by atoms with van der Waals surface area (Å²) in [6, 6.07) is 8.62. The van der Waals surface area contributed by atoms with Gasteiger partial charge in [0.05, 0.1) is 18.7 Å². The van der Waals surface area contributed by atoms with Crippen LogP contribution in [0, 0.1) is 0 Å². The quantitative estimate of drug-likeness (QED) is 0.634. The largest absolute Gasteiger partial charge is 0.465 e. The number of nitrogens with one attached hydrogen (secondary N) is 1. The summed E-state index contributed by atoms with van der Waals surface area (Å²) >= 11 is 17.2. The SMILES string of the molecule is C=C(c1ccccc1)C1NC=C(C(=O)OC)C=C1C(=O)C(Cl)(Cl)Cl. The molecule has 126 valence electrons. The number of alkyl halides is 3. The lowest BCUT2D eigenvalue weighted by molar-refractivity contribution is -0.135. The number of hydrogen-bond donors (Lipinski definition) is 1. The minimum atomic E-state index is -2.15. The third-order valence-corrected chi connectivity index (χ3v) is 3.98. The summed E-state index contributed by atoms with van der Waals surface area (Å²) < 4.78 is 2.51. The van der Waals surface area contributed by atoms with Crippen LogP contribution >= 0.6 is 34.8 Å². The second-order valence-electron chi connectivity index (χ2n) is 5.01. The minimum Gasteiger partial charge on any atom is -0.465 e. The molecule has 0 saturated carbocycles. The zero-order chi connectivity index (χ0) is 17.9. The number of carbonyl (C=O) groups is 2. The van der Waals surface area contributed by atoms with Crippen LogP contribution in [0.15, 0.2) is 60.3 Å². The van der Waals surface area contributed by atoms with Gasteiger partial charge in [0, 0.05) is 11.8 Å². The Morgan fingerprint density at radius 3 is 2.38 bits per heavy atom. The molecule has 7 heteroatoms. The van der Waals surface area contributed by atoms with Gasteiger partial charge in [-0.2, -0.15) is 0 Å². The van der Waals surface area contributed by atoms with Crippen molar-refractivity contribution in [3.05, 3.63) is 65.9 Å². The maximum absolute atomic E-state index is 12.5. The molecule has 1 aromatic rings. The zero-order valence-electron chi connectivity index (χ0n) is 12.7. The van der Waals surface area contributed by atoms with Gasteiger partial charge in [0.1, 0.15) is 0 Å². The number of dihydropyridines is 1. The Hall–Kier alpha value is -1.75. The monoisotopic (exact) mass is 385 g/mol. The third-order valence-electron chi connectivity index (χ3n) is 3.46. The number of benzene rings is 1. The van der Waals surface area contributed by atoms with E-state index < -0.39 is 21.6 Å². The first kappa shape index (κ1) is 18.6. The van der Waals surface area contributed by atoms with Crippen molar-refractivity contribution < 1.29 is 14.3 Å². The Morgan fingerprint density at radius 1 is 1.21 bits per heavy atom. The van der Waals surface area contributed by atoms with E-state index >= 15 is 0 Å². The van der Waals surface area contributed by atoms with E-state index in [1.54, 1.807) is 0 Å². The highest BCUT2D eigenvalue weighted by Gasteiger charge is 2.38. The molecular formula is C17H14Cl3NO3. The van der Waals surface area contributed by atoms with Crippen LogP contribution in [0.25, 0.3) is 5.57 Å². The van der Waals surface area contributed by atoms with Crippen LogP contribution in [0.1, 0.15) is 5.56 Å². The minimum absolute atomic E-state index is 0.117. The molecule has 0 bridgehead atoms. The Kier molecular flexibility index (Phi) is 5.75. The Morgan fingerprint density at radius 2 is 1.83 bits per heavy atom. The van der Waals surface area contributed by atoms with Gasteiger partial charge in [0.25, 0.3) is 3.79 Å². The van der Waals surface area contributed by atoms with Crippen LogP contribution in [-0.4, -0.2) is 28.7 Å². The van der Waals surface area contributed by atoms with Crippen LogP contribution in [0.4, 0.5) is 0 Å². The van der Waals surface area contributed by atoms with Crippen LogP contribution in [-0.2, 0) is 14.3 Å². The van der Waals surface area contributed by atoms with E-state index in [1.165, 1.54) is 19.4 Å². The van der Waals surface area contributed by atoms with Gasteiger partial charge in [0.2, 0.25) is 5.78 Å². The highest BCUT2D eigenvalue weighted by molar-refractivity contribution is 6.77. The maximum Gasteiger partial charge on any atom is 0.339 e. The summed E-state index contributed by atoms with van der Waals surface area (Å²) in [4.78, 5) is 24.2. The summed E-state index contributed by atoms with van der Waals surface area (Å²) in [6.45, 7) is 4.02. The van der Waals surface area contributed by atoms with Gasteiger partial charge in [0.15, 0.2) is 0 Å². The average Bonchev–Trinajstić information content (AvgIpc) is 2.59. The highest BCUT2D eigenvalue weighted by atomic mass is 35.6. The fourth-order valence-electron chi connectivity index (χ4n) is 2.26. The zero-order valence-corrected chi connectivity index (χ0v) is 15.0. The average molecular weight is 387 g/mol. The van der Waals surface area contributed by atoms with Crippen molar-refractivity contribution in [1.29, 1.82) is 0 Å². The lowest BCUT2D eigenvalue weighted by Crippen LogP contribution is -2.38. The summed E-state index contributed by atoms with van der Waals surface area (Å²) in [5, 5.41) is 2.96. The van der Waals surface area contributed by atoms with Crippen molar-refractivity contribution in [3.8, 4) is 0 Å². The number of methoxy groups -OCH3 is 1. The van der Waals surface area contributed by atoms with Gasteiger partial charge in [-0.25, -0.2) is 4.79 Å². The Bertz CT molecular complexity index is 733. The molecule has 1 unspecified atom stereocenters. The van der Waals surface area contributed by atoms with Crippen molar-refractivity contribution >= 4 is 52.1 Å². The van der Waals surface area contributed by atoms with E-state index in [2.05, 4.69) is 16.6 Å². The third kappa shape index (κ3) is 4.01. The second kappa shape index (κ2) is 7.43. The lowest BCUT2D eigenvalue weighted by atomic mass is 9.89. The van der Waals surface area contributed by atoms with Gasteiger partial charge in [-0.3, -0.25) is 4.79 Å². The number of esters is 1. The van der Waals surface area contributed by atoms with Crippen molar-refractivity contribution in [2.75, 3.05) is 7.11 Å². The number of Topliss-reactive ketones (excluding diaryl/α,β-unsaturated/α-hetero) is 1. The van der Waals surface area contributed by atoms with Crippen LogP contribution in [0.3, 0.4) is 0 Å². The molecular weight excluding hydrogens is 373 g/mol. The summed E-state index contributed by atoms with van der Waals surface area (Å²) in [5.74, 6) is -1.35. The van der Waals surface area contributed by atoms with E-state index in [1.807, 2.05) is 30.3 Å². The smallest absolute Gasteiger partial charge is 0.339 e. The molecule has 1 heterocycles. The van der Waals surface area contributed by atoms with Crippen molar-refractivity contribution in [2.45, 2.75) is 9.83 Å². The van der Waals surface area contributed by atoms with E-state index in [9.17, 15) is 9.59 Å². The molecule has 1 aliphatic heterocycles. The van der Waals surface area contributed by atoms with Crippen molar-refractivity contribution in [3.63, 3.8) is 0 Å². The van der Waals surface area contributed by atoms with E-state index in [0.29, 0.717) is 5.57 Å². The molecule has 0 radical (unpaired) electrons. The summed E-state index contributed by atoms with van der Waals surface area (Å²) in [5.41, 5.74) is 1.68. The molecule has 0 aromatic heterocycles. The van der Waals surface area contributed by atoms with Gasteiger partial charge < -0.3 is 10.1 Å². The number of ether oxygens (including phenoxy) is 1. The van der Waals surface area contributed by atoms with Crippen LogP contribution in [0.2, 0.25) is 0 Å².